The van der Waals surface area contributed by atoms with E-state index < -0.39 is 8.32 Å². The van der Waals surface area contributed by atoms with Crippen LogP contribution in [0.2, 0.25) is 16.6 Å². The van der Waals surface area contributed by atoms with Gasteiger partial charge in [-0.05, 0) is 40.6 Å². The molecule has 0 aromatic heterocycles. The Bertz CT molecular complexity index is 429. The van der Waals surface area contributed by atoms with Gasteiger partial charge in [-0.2, -0.15) is 0 Å². The number of benzene rings is 1. The molecule has 2 heteroatoms. The van der Waals surface area contributed by atoms with Gasteiger partial charge in [0, 0.05) is 0 Å². The van der Waals surface area contributed by atoms with Crippen LogP contribution in [-0.4, -0.2) is 8.32 Å². The van der Waals surface area contributed by atoms with Gasteiger partial charge in [0.15, 0.2) is 0 Å². The smallest absolute Gasteiger partial charge is 0.201 e. The third kappa shape index (κ3) is 2.60. The molecule has 0 fully saturated rings. The lowest BCUT2D eigenvalue weighted by Gasteiger charge is -2.44. The SMILES string of the molecule is CC(C)[Si](O[C@@H]1CCc2ccccc21)(C(C)C)C(C)C. The zero-order chi connectivity index (χ0) is 14.9. The highest BCUT2D eigenvalue weighted by atomic mass is 28.4. The van der Waals surface area contributed by atoms with Crippen molar-refractivity contribution in [1.82, 2.24) is 0 Å². The Hall–Kier alpha value is -0.603. The van der Waals surface area contributed by atoms with E-state index in [0.29, 0.717) is 22.7 Å². The summed E-state index contributed by atoms with van der Waals surface area (Å²) >= 11 is 0. The molecule has 112 valence electrons. The zero-order valence-electron chi connectivity index (χ0n) is 13.9. The molecule has 0 aliphatic heterocycles. The highest BCUT2D eigenvalue weighted by Gasteiger charge is 2.47. The molecule has 1 aliphatic carbocycles. The van der Waals surface area contributed by atoms with E-state index in [2.05, 4.69) is 65.8 Å². The lowest BCUT2D eigenvalue weighted by atomic mass is 10.1. The summed E-state index contributed by atoms with van der Waals surface area (Å²) in [6.45, 7) is 14.2. The van der Waals surface area contributed by atoms with Crippen LogP contribution in [0.15, 0.2) is 24.3 Å². The molecule has 1 nitrogen and oxygen atoms in total. The van der Waals surface area contributed by atoms with Crippen molar-refractivity contribution in [1.29, 1.82) is 0 Å². The molecule has 0 saturated heterocycles. The summed E-state index contributed by atoms with van der Waals surface area (Å²) in [5, 5.41) is 0. The molecule has 2 rings (SSSR count). The third-order valence-corrected chi connectivity index (χ3v) is 11.2. The van der Waals surface area contributed by atoms with Crippen LogP contribution < -0.4 is 0 Å². The fraction of sp³-hybridized carbons (Fsp3) is 0.667. The summed E-state index contributed by atoms with van der Waals surface area (Å²) in [7, 11) is -1.76. The molecule has 0 bridgehead atoms. The maximum Gasteiger partial charge on any atom is 0.201 e. The monoisotopic (exact) mass is 290 g/mol. The number of rotatable bonds is 5. The van der Waals surface area contributed by atoms with Crippen LogP contribution in [0.1, 0.15) is 65.2 Å². The number of fused-ring (bicyclic) bond motifs is 1. The number of hydrogen-bond donors (Lipinski definition) is 0. The van der Waals surface area contributed by atoms with Crippen molar-refractivity contribution >= 4 is 8.32 Å². The molecule has 20 heavy (non-hydrogen) atoms. The van der Waals surface area contributed by atoms with Crippen molar-refractivity contribution in [2.45, 2.75) is 77.1 Å². The second-order valence-electron chi connectivity index (χ2n) is 7.16. The summed E-state index contributed by atoms with van der Waals surface area (Å²) in [6, 6.07) is 8.85. The average molecular weight is 291 g/mol. The first-order valence-electron chi connectivity index (χ1n) is 8.15. The lowest BCUT2D eigenvalue weighted by molar-refractivity contribution is 0.177. The molecule has 0 spiro atoms. The Morgan fingerprint density at radius 2 is 1.50 bits per heavy atom. The molecule has 1 aromatic carbocycles. The van der Waals surface area contributed by atoms with Gasteiger partial charge < -0.3 is 4.43 Å². The fourth-order valence-corrected chi connectivity index (χ4v) is 9.85. The van der Waals surface area contributed by atoms with Crippen LogP contribution >= 0.6 is 0 Å². The van der Waals surface area contributed by atoms with Crippen LogP contribution in [0.3, 0.4) is 0 Å². The van der Waals surface area contributed by atoms with E-state index in [1.54, 1.807) is 0 Å². The molecule has 0 N–H and O–H groups in total. The van der Waals surface area contributed by atoms with Crippen molar-refractivity contribution in [3.05, 3.63) is 35.4 Å². The average Bonchev–Trinajstić information content (AvgIpc) is 2.77. The Morgan fingerprint density at radius 3 is 2.05 bits per heavy atom. The van der Waals surface area contributed by atoms with E-state index in [1.807, 2.05) is 0 Å². The van der Waals surface area contributed by atoms with E-state index >= 15 is 0 Å². The summed E-state index contributed by atoms with van der Waals surface area (Å²) in [6.07, 6.45) is 2.69. The Morgan fingerprint density at radius 1 is 0.950 bits per heavy atom. The lowest BCUT2D eigenvalue weighted by Crippen LogP contribution is -2.48. The van der Waals surface area contributed by atoms with Crippen molar-refractivity contribution in [3.63, 3.8) is 0 Å². The van der Waals surface area contributed by atoms with E-state index in [1.165, 1.54) is 24.0 Å². The summed E-state index contributed by atoms with van der Waals surface area (Å²) in [4.78, 5) is 0. The highest BCUT2D eigenvalue weighted by Crippen LogP contribution is 2.47. The van der Waals surface area contributed by atoms with E-state index in [0.717, 1.165) is 0 Å². The molecule has 0 unspecified atom stereocenters. The standard InChI is InChI=1S/C18H30OSi/c1-13(2)20(14(3)4,15(5)6)19-18-12-11-16-9-7-8-10-17(16)18/h7-10,13-15,18H,11-12H2,1-6H3/t18-/m1/s1. The molecule has 1 aliphatic rings. The largest absolute Gasteiger partial charge is 0.409 e. The van der Waals surface area contributed by atoms with Crippen LogP contribution in [0.5, 0.6) is 0 Å². The van der Waals surface area contributed by atoms with Crippen LogP contribution in [0, 0.1) is 0 Å². The first-order valence-corrected chi connectivity index (χ1v) is 10.3. The first-order chi connectivity index (χ1) is 9.39. The second kappa shape index (κ2) is 6.03. The van der Waals surface area contributed by atoms with Gasteiger partial charge in [-0.25, -0.2) is 0 Å². The Balaban J connectivity index is 2.30. The number of hydrogen-bond acceptors (Lipinski definition) is 1. The van der Waals surface area contributed by atoms with Gasteiger partial charge in [-0.3, -0.25) is 0 Å². The van der Waals surface area contributed by atoms with Crippen molar-refractivity contribution in [3.8, 4) is 0 Å². The maximum atomic E-state index is 6.95. The van der Waals surface area contributed by atoms with Gasteiger partial charge in [0.05, 0.1) is 6.10 Å². The van der Waals surface area contributed by atoms with Crippen molar-refractivity contribution in [2.24, 2.45) is 0 Å². The summed E-state index contributed by atoms with van der Waals surface area (Å²) < 4.78 is 6.95. The molecule has 1 aromatic rings. The van der Waals surface area contributed by atoms with Crippen LogP contribution in [-0.2, 0) is 10.8 Å². The molecule has 0 heterocycles. The predicted octanol–water partition coefficient (Wildman–Crippen LogP) is 5.87. The summed E-state index contributed by atoms with van der Waals surface area (Å²) in [5.74, 6) is 0. The van der Waals surface area contributed by atoms with Crippen LogP contribution in [0.4, 0.5) is 0 Å². The normalized spacial score (nSPS) is 19.1. The Labute approximate surface area is 125 Å². The summed E-state index contributed by atoms with van der Waals surface area (Å²) in [5.41, 5.74) is 4.93. The van der Waals surface area contributed by atoms with Crippen LogP contribution in [0.25, 0.3) is 0 Å². The van der Waals surface area contributed by atoms with Crippen molar-refractivity contribution in [2.75, 3.05) is 0 Å². The highest BCUT2D eigenvalue weighted by molar-refractivity contribution is 6.77. The van der Waals surface area contributed by atoms with Gasteiger partial charge in [0.2, 0.25) is 8.32 Å². The molecule has 0 saturated carbocycles. The number of aryl methyl sites for hydroxylation is 1. The minimum Gasteiger partial charge on any atom is -0.409 e. The van der Waals surface area contributed by atoms with Gasteiger partial charge in [-0.15, -0.1) is 0 Å². The van der Waals surface area contributed by atoms with Gasteiger partial charge >= 0.3 is 0 Å². The molecule has 1 atom stereocenters. The van der Waals surface area contributed by atoms with E-state index in [9.17, 15) is 0 Å². The fourth-order valence-electron chi connectivity index (χ4n) is 4.30. The molecule has 0 radical (unpaired) electrons. The Kier molecular flexibility index (Phi) is 4.75. The first kappa shape index (κ1) is 15.8. The zero-order valence-corrected chi connectivity index (χ0v) is 14.9. The van der Waals surface area contributed by atoms with E-state index in [-0.39, 0.29) is 0 Å². The van der Waals surface area contributed by atoms with Crippen molar-refractivity contribution < 1.29 is 4.43 Å². The van der Waals surface area contributed by atoms with E-state index in [4.69, 9.17) is 4.43 Å². The quantitative estimate of drug-likeness (QED) is 0.617. The van der Waals surface area contributed by atoms with Gasteiger partial charge in [0.25, 0.3) is 0 Å². The minimum absolute atomic E-state index is 0.338. The van der Waals surface area contributed by atoms with Gasteiger partial charge in [-0.1, -0.05) is 65.8 Å². The van der Waals surface area contributed by atoms with Gasteiger partial charge in [0.1, 0.15) is 0 Å². The topological polar surface area (TPSA) is 9.23 Å². The molecular formula is C18H30OSi. The third-order valence-electron chi connectivity index (χ3n) is 5.13. The molecular weight excluding hydrogens is 260 g/mol. The molecule has 0 amide bonds. The maximum absolute atomic E-state index is 6.95. The predicted molar refractivity (Wildman–Crippen MR) is 89.6 cm³/mol. The minimum atomic E-state index is -1.76. The second-order valence-corrected chi connectivity index (χ2v) is 12.6.